The van der Waals surface area contributed by atoms with Crippen LogP contribution in [-0.4, -0.2) is 54.6 Å². The maximum Gasteiger partial charge on any atom is 0.321 e. The zero-order valence-electron chi connectivity index (χ0n) is 13.7. The number of carbonyl (C=O) groups excluding carboxylic acids is 2. The first-order valence-electron chi connectivity index (χ1n) is 7.86. The van der Waals surface area contributed by atoms with Crippen molar-refractivity contribution in [1.82, 2.24) is 0 Å². The van der Waals surface area contributed by atoms with E-state index in [1.807, 2.05) is 30.3 Å². The van der Waals surface area contributed by atoms with Crippen molar-refractivity contribution in [3.63, 3.8) is 0 Å². The second kappa shape index (κ2) is 9.72. The Balaban J connectivity index is 2.07. The molecular weight excluding hydrogens is 352 g/mol. The maximum atomic E-state index is 11.6. The van der Waals surface area contributed by atoms with E-state index in [0.717, 1.165) is 5.56 Å². The summed E-state index contributed by atoms with van der Waals surface area (Å²) in [6.45, 7) is 2.14. The molecule has 1 aromatic carbocycles. The van der Waals surface area contributed by atoms with E-state index in [2.05, 4.69) is 0 Å². The van der Waals surface area contributed by atoms with Crippen LogP contribution in [0.25, 0.3) is 0 Å². The van der Waals surface area contributed by atoms with Crippen LogP contribution in [0.3, 0.4) is 0 Å². The number of aliphatic hydroxyl groups is 1. The Labute approximate surface area is 150 Å². The average molecular weight is 373 g/mol. The molecule has 0 spiro atoms. The van der Waals surface area contributed by atoms with Gasteiger partial charge in [0.05, 0.1) is 6.61 Å². The van der Waals surface area contributed by atoms with Gasteiger partial charge in [0.2, 0.25) is 0 Å². The number of carbonyl (C=O) groups is 2. The van der Waals surface area contributed by atoms with Crippen molar-refractivity contribution in [3.05, 3.63) is 35.9 Å². The summed E-state index contributed by atoms with van der Waals surface area (Å²) in [4.78, 5) is 22.0. The third kappa shape index (κ3) is 5.40. The zero-order chi connectivity index (χ0) is 18.2. The summed E-state index contributed by atoms with van der Waals surface area (Å²) in [6, 6.07) is 9.45. The summed E-state index contributed by atoms with van der Waals surface area (Å²) in [5.41, 5.74) is 0.933. The Morgan fingerprint density at radius 3 is 2.68 bits per heavy atom. The van der Waals surface area contributed by atoms with Crippen LogP contribution < -0.4 is 0 Å². The van der Waals surface area contributed by atoms with Crippen LogP contribution >= 0.6 is 11.6 Å². The van der Waals surface area contributed by atoms with Crippen LogP contribution in [0.2, 0.25) is 0 Å². The molecule has 2 unspecified atom stereocenters. The molecule has 138 valence electrons. The summed E-state index contributed by atoms with van der Waals surface area (Å²) in [5, 5.41) is 10.2. The molecule has 0 radical (unpaired) electrons. The van der Waals surface area contributed by atoms with Crippen LogP contribution in [0, 0.1) is 5.92 Å². The number of rotatable bonds is 8. The lowest BCUT2D eigenvalue weighted by molar-refractivity contribution is -0.286. The molecule has 0 aromatic heterocycles. The van der Waals surface area contributed by atoms with Gasteiger partial charge in [-0.3, -0.25) is 9.59 Å². The predicted molar refractivity (Wildman–Crippen MR) is 87.7 cm³/mol. The van der Waals surface area contributed by atoms with E-state index in [-0.39, 0.29) is 25.6 Å². The Morgan fingerprint density at radius 1 is 1.32 bits per heavy atom. The van der Waals surface area contributed by atoms with Crippen molar-refractivity contribution >= 4 is 24.0 Å². The van der Waals surface area contributed by atoms with Crippen LogP contribution in [0.15, 0.2) is 30.3 Å². The largest absolute Gasteiger partial charge is 0.465 e. The highest BCUT2D eigenvalue weighted by Gasteiger charge is 2.46. The first-order valence-corrected chi connectivity index (χ1v) is 8.40. The number of halogens is 1. The lowest BCUT2D eigenvalue weighted by Crippen LogP contribution is -2.56. The Bertz CT molecular complexity index is 553. The van der Waals surface area contributed by atoms with E-state index in [1.54, 1.807) is 6.92 Å². The Hall–Kier alpha value is -1.67. The molecule has 1 fully saturated rings. The highest BCUT2D eigenvalue weighted by molar-refractivity contribution is 6.26. The molecule has 1 aliphatic heterocycles. The van der Waals surface area contributed by atoms with Gasteiger partial charge in [-0.05, 0) is 5.56 Å². The smallest absolute Gasteiger partial charge is 0.321 e. The van der Waals surface area contributed by atoms with Crippen LogP contribution in [0.4, 0.5) is 0 Å². The molecule has 25 heavy (non-hydrogen) atoms. The second-order valence-corrected chi connectivity index (χ2v) is 5.97. The van der Waals surface area contributed by atoms with E-state index < -0.39 is 36.5 Å². The van der Waals surface area contributed by atoms with Crippen molar-refractivity contribution in [1.29, 1.82) is 0 Å². The minimum Gasteiger partial charge on any atom is -0.465 e. The standard InChI is InChI=1S/C17H21ClO7/c1-11-15(25-14(20)7-18)13(9-22-10-19)24-17(21)16(11)23-8-12-5-3-2-4-6-12/h2-6,10-11,13,15-17,21H,7-9H2,1H3/t11-,13?,15-,16?,17+/m0/s1. The van der Waals surface area contributed by atoms with Crippen LogP contribution in [0.1, 0.15) is 12.5 Å². The van der Waals surface area contributed by atoms with Gasteiger partial charge in [-0.25, -0.2) is 0 Å². The minimum absolute atomic E-state index is 0.156. The SMILES string of the molecule is C[C@@H]1C(OCc2ccccc2)[C@H](O)OC(COC=O)[C@H]1OC(=O)CCl. The van der Waals surface area contributed by atoms with Crippen LogP contribution in [0.5, 0.6) is 0 Å². The molecule has 1 aromatic rings. The molecule has 0 bridgehead atoms. The summed E-state index contributed by atoms with van der Waals surface area (Å²) in [5.74, 6) is -1.35. The first kappa shape index (κ1) is 19.7. The summed E-state index contributed by atoms with van der Waals surface area (Å²) in [6.07, 6.45) is -3.54. The summed E-state index contributed by atoms with van der Waals surface area (Å²) >= 11 is 5.49. The zero-order valence-corrected chi connectivity index (χ0v) is 14.5. The third-order valence-corrected chi connectivity index (χ3v) is 4.21. The number of hydrogen-bond donors (Lipinski definition) is 1. The van der Waals surface area contributed by atoms with Crippen LogP contribution in [-0.2, 0) is 35.1 Å². The fraction of sp³-hybridized carbons (Fsp3) is 0.529. The lowest BCUT2D eigenvalue weighted by Gasteiger charge is -2.42. The van der Waals surface area contributed by atoms with Crippen molar-refractivity contribution in [2.45, 2.75) is 38.1 Å². The average Bonchev–Trinajstić information content (AvgIpc) is 2.63. The molecule has 1 saturated heterocycles. The van der Waals surface area contributed by atoms with Crippen molar-refractivity contribution < 1.29 is 33.6 Å². The molecule has 1 aliphatic rings. The molecular formula is C17H21ClO7. The highest BCUT2D eigenvalue weighted by atomic mass is 35.5. The topological polar surface area (TPSA) is 91.3 Å². The van der Waals surface area contributed by atoms with Gasteiger partial charge in [-0.2, -0.15) is 0 Å². The predicted octanol–water partition coefficient (Wildman–Crippen LogP) is 1.25. The van der Waals surface area contributed by atoms with E-state index in [1.165, 1.54) is 0 Å². The molecule has 7 nitrogen and oxygen atoms in total. The number of benzene rings is 1. The first-order chi connectivity index (χ1) is 12.1. The molecule has 0 aliphatic carbocycles. The van der Waals surface area contributed by atoms with Gasteiger partial charge in [0.1, 0.15) is 30.8 Å². The second-order valence-electron chi connectivity index (χ2n) is 5.70. The molecule has 2 rings (SSSR count). The molecule has 0 amide bonds. The number of hydrogen-bond acceptors (Lipinski definition) is 7. The summed E-state index contributed by atoms with van der Waals surface area (Å²) < 4.78 is 21.2. The van der Waals surface area contributed by atoms with E-state index in [0.29, 0.717) is 0 Å². The van der Waals surface area contributed by atoms with Gasteiger partial charge >= 0.3 is 5.97 Å². The molecule has 1 N–H and O–H groups in total. The molecule has 8 heteroatoms. The minimum atomic E-state index is -1.25. The van der Waals surface area contributed by atoms with Gasteiger partial charge in [0.25, 0.3) is 6.47 Å². The normalized spacial score (nSPS) is 29.0. The Kier molecular flexibility index (Phi) is 7.64. The van der Waals surface area contributed by atoms with Crippen molar-refractivity contribution in [2.75, 3.05) is 12.5 Å². The maximum absolute atomic E-state index is 11.6. The van der Waals surface area contributed by atoms with Crippen molar-refractivity contribution in [2.24, 2.45) is 5.92 Å². The number of ether oxygens (including phenoxy) is 4. The lowest BCUT2D eigenvalue weighted by atomic mass is 9.90. The number of esters is 1. The van der Waals surface area contributed by atoms with Gasteiger partial charge in [0.15, 0.2) is 6.29 Å². The fourth-order valence-electron chi connectivity index (χ4n) is 2.75. The van der Waals surface area contributed by atoms with Gasteiger partial charge in [-0.15, -0.1) is 11.6 Å². The monoisotopic (exact) mass is 372 g/mol. The third-order valence-electron chi connectivity index (χ3n) is 3.99. The quantitative estimate of drug-likeness (QED) is 0.417. The molecule has 0 saturated carbocycles. The molecule has 5 atom stereocenters. The fourth-order valence-corrected chi connectivity index (χ4v) is 2.82. The Morgan fingerprint density at radius 2 is 2.04 bits per heavy atom. The highest BCUT2D eigenvalue weighted by Crippen LogP contribution is 2.30. The summed E-state index contributed by atoms with van der Waals surface area (Å²) in [7, 11) is 0. The van der Waals surface area contributed by atoms with Crippen molar-refractivity contribution in [3.8, 4) is 0 Å². The number of aliphatic hydroxyl groups excluding tert-OH is 1. The number of alkyl halides is 1. The van der Waals surface area contributed by atoms with Gasteiger partial charge in [-0.1, -0.05) is 37.3 Å². The van der Waals surface area contributed by atoms with Gasteiger partial charge < -0.3 is 24.1 Å². The van der Waals surface area contributed by atoms with Gasteiger partial charge in [0, 0.05) is 5.92 Å². The molecule has 1 heterocycles. The van der Waals surface area contributed by atoms with E-state index in [4.69, 9.17) is 30.5 Å². The van der Waals surface area contributed by atoms with E-state index in [9.17, 15) is 14.7 Å². The van der Waals surface area contributed by atoms with E-state index >= 15 is 0 Å².